The molecule has 8 aromatic heterocycles. The highest BCUT2D eigenvalue weighted by Gasteiger charge is 2.25. The molecule has 10 rings (SSSR count). The zero-order chi connectivity index (χ0) is 42.0. The Hall–Kier alpha value is -7.54. The summed E-state index contributed by atoms with van der Waals surface area (Å²) in [6.07, 6.45) is 15.5. The van der Waals surface area contributed by atoms with Gasteiger partial charge in [0.05, 0.1) is 77.9 Å². The molecular formula is C44H42N16O2. The van der Waals surface area contributed by atoms with Crippen LogP contribution in [0.25, 0.3) is 67.1 Å². The average molecular weight is 827 g/mol. The van der Waals surface area contributed by atoms with E-state index in [1.165, 1.54) is 5.01 Å². The van der Waals surface area contributed by atoms with Crippen LogP contribution in [0.15, 0.2) is 98.2 Å². The van der Waals surface area contributed by atoms with E-state index in [9.17, 15) is 0 Å². The number of anilines is 4. The van der Waals surface area contributed by atoms with E-state index >= 15 is 0 Å². The number of hydrogen-bond acceptors (Lipinski definition) is 18. The molecule has 62 heavy (non-hydrogen) atoms. The van der Waals surface area contributed by atoms with Crippen LogP contribution >= 0.6 is 0 Å². The standard InChI is InChI=1S/C44H42N16O2/c1-61-34-25-49-23-32-37(34)43(58-16-12-46-13-17-58)56-41(54-32)27-5-9-51-31(20-27)30-7-11-53-39(29-4-3-8-48-22-29)40(30)60(45)36-21-28(6-10-52-36)42-55-33-24-50-26-35(62-2)38(33)44(57-42)59-18-14-47-15-19-59/h3-11,20-26,46-47H,12-19,45H2,1-2H3. The van der Waals surface area contributed by atoms with Gasteiger partial charge in [-0.05, 0) is 42.5 Å². The van der Waals surface area contributed by atoms with E-state index in [0.29, 0.717) is 68.2 Å². The van der Waals surface area contributed by atoms with Gasteiger partial charge in [0.2, 0.25) is 0 Å². The molecule has 0 radical (unpaired) electrons. The third-order valence-corrected chi connectivity index (χ3v) is 11.0. The van der Waals surface area contributed by atoms with Gasteiger partial charge >= 0.3 is 0 Å². The molecule has 4 N–H and O–H groups in total. The molecule has 0 atom stereocenters. The number of ether oxygens (including phenoxy) is 2. The number of nitrogens with zero attached hydrogens (tertiary/aromatic N) is 13. The molecule has 0 aliphatic carbocycles. The Labute approximate surface area is 356 Å². The van der Waals surface area contributed by atoms with E-state index in [1.807, 2.05) is 42.5 Å². The van der Waals surface area contributed by atoms with Crippen molar-refractivity contribution in [2.45, 2.75) is 0 Å². The van der Waals surface area contributed by atoms with E-state index in [1.54, 1.807) is 70.0 Å². The van der Waals surface area contributed by atoms with Crippen LogP contribution in [0.2, 0.25) is 0 Å². The van der Waals surface area contributed by atoms with Crippen LogP contribution < -0.4 is 40.8 Å². The van der Waals surface area contributed by atoms with Crippen LogP contribution in [0.5, 0.6) is 11.5 Å². The summed E-state index contributed by atoms with van der Waals surface area (Å²) in [5, 5.41) is 10.0. The largest absolute Gasteiger partial charge is 0.494 e. The van der Waals surface area contributed by atoms with E-state index in [2.05, 4.69) is 35.4 Å². The van der Waals surface area contributed by atoms with Gasteiger partial charge in [0.25, 0.3) is 0 Å². The smallest absolute Gasteiger partial charge is 0.162 e. The van der Waals surface area contributed by atoms with Gasteiger partial charge in [-0.2, -0.15) is 0 Å². The number of piperazine rings is 2. The van der Waals surface area contributed by atoms with E-state index in [0.717, 1.165) is 85.9 Å². The summed E-state index contributed by atoms with van der Waals surface area (Å²) in [7, 11) is 3.27. The zero-order valence-corrected chi connectivity index (χ0v) is 34.1. The quantitative estimate of drug-likeness (QED) is 0.129. The molecule has 2 aliphatic rings. The molecule has 18 nitrogen and oxygen atoms in total. The van der Waals surface area contributed by atoms with Crippen LogP contribution in [0.3, 0.4) is 0 Å². The second-order valence-electron chi connectivity index (χ2n) is 14.7. The van der Waals surface area contributed by atoms with Crippen molar-refractivity contribution in [3.63, 3.8) is 0 Å². The van der Waals surface area contributed by atoms with Crippen molar-refractivity contribution < 1.29 is 9.47 Å². The fraction of sp³-hybridized carbons (Fsp3) is 0.227. The van der Waals surface area contributed by atoms with E-state index in [-0.39, 0.29) is 0 Å². The first-order chi connectivity index (χ1) is 30.6. The molecule has 0 aromatic carbocycles. The summed E-state index contributed by atoms with van der Waals surface area (Å²) in [4.78, 5) is 52.5. The average Bonchev–Trinajstić information content (AvgIpc) is 3.35. The number of methoxy groups -OCH3 is 2. The Morgan fingerprint density at radius 1 is 0.597 bits per heavy atom. The fourth-order valence-electron chi connectivity index (χ4n) is 7.99. The maximum absolute atomic E-state index is 7.20. The first-order valence-corrected chi connectivity index (χ1v) is 20.3. The number of aromatic nitrogens is 10. The fourth-order valence-corrected chi connectivity index (χ4v) is 7.99. The molecule has 2 fully saturated rings. The third-order valence-electron chi connectivity index (χ3n) is 11.0. The summed E-state index contributed by atoms with van der Waals surface area (Å²) < 4.78 is 11.5. The summed E-state index contributed by atoms with van der Waals surface area (Å²) in [5.41, 5.74) is 6.01. The molecule has 2 aliphatic heterocycles. The van der Waals surface area contributed by atoms with Gasteiger partial charge in [-0.1, -0.05) is 0 Å². The monoisotopic (exact) mass is 826 g/mol. The van der Waals surface area contributed by atoms with Crippen molar-refractivity contribution in [2.75, 3.05) is 81.4 Å². The van der Waals surface area contributed by atoms with Gasteiger partial charge in [-0.25, -0.2) is 30.8 Å². The number of hydrazine groups is 1. The Kier molecular flexibility index (Phi) is 10.5. The molecular weight excluding hydrogens is 785 g/mol. The predicted octanol–water partition coefficient (Wildman–Crippen LogP) is 4.46. The minimum Gasteiger partial charge on any atom is -0.494 e. The van der Waals surface area contributed by atoms with Crippen molar-refractivity contribution in [1.29, 1.82) is 0 Å². The highest BCUT2D eigenvalue weighted by molar-refractivity contribution is 5.97. The first kappa shape index (κ1) is 38.6. The van der Waals surface area contributed by atoms with Crippen molar-refractivity contribution >= 4 is 44.9 Å². The molecule has 2 saturated heterocycles. The molecule has 0 bridgehead atoms. The topological polar surface area (TPSA) is 207 Å². The highest BCUT2D eigenvalue weighted by atomic mass is 16.5. The summed E-state index contributed by atoms with van der Waals surface area (Å²) in [6, 6.07) is 13.3. The van der Waals surface area contributed by atoms with Crippen molar-refractivity contribution in [3.05, 3.63) is 98.2 Å². The molecule has 0 saturated carbocycles. The Morgan fingerprint density at radius 2 is 1.18 bits per heavy atom. The Bertz CT molecular complexity index is 2910. The van der Waals surface area contributed by atoms with Crippen LogP contribution in [-0.2, 0) is 0 Å². The number of rotatable bonds is 10. The molecule has 0 unspecified atom stereocenters. The SMILES string of the molecule is COc1cncc2nc(-c3ccnc(-c4ccnc(-c5cccnc5)c4N(N)c4cc(-c5nc(N6CCNCC6)c6c(OC)cncc6n5)ccn4)c3)nc(N3CCNCC3)c12. The lowest BCUT2D eigenvalue weighted by atomic mass is 10.0. The maximum Gasteiger partial charge on any atom is 0.162 e. The highest BCUT2D eigenvalue weighted by Crippen LogP contribution is 2.41. The number of fused-ring (bicyclic) bond motifs is 2. The van der Waals surface area contributed by atoms with Crippen molar-refractivity contribution in [3.8, 4) is 56.8 Å². The first-order valence-electron chi connectivity index (χ1n) is 20.3. The van der Waals surface area contributed by atoms with E-state index in [4.69, 9.17) is 50.2 Å². The number of nitrogens with one attached hydrogen (secondary N) is 2. The van der Waals surface area contributed by atoms with E-state index < -0.39 is 0 Å². The Balaban J connectivity index is 1.09. The molecule has 0 spiro atoms. The second-order valence-corrected chi connectivity index (χ2v) is 14.7. The van der Waals surface area contributed by atoms with Crippen LogP contribution in [-0.4, -0.2) is 116 Å². The Morgan fingerprint density at radius 3 is 1.76 bits per heavy atom. The van der Waals surface area contributed by atoms with Gasteiger partial charge in [0, 0.05) is 106 Å². The lowest BCUT2D eigenvalue weighted by Crippen LogP contribution is -2.44. The molecule has 310 valence electrons. The van der Waals surface area contributed by atoms with Gasteiger partial charge in [0.15, 0.2) is 11.6 Å². The molecule has 10 heterocycles. The summed E-state index contributed by atoms with van der Waals surface area (Å²) in [6.45, 7) is 6.47. The van der Waals surface area contributed by atoms with Crippen molar-refractivity contribution in [2.24, 2.45) is 5.84 Å². The van der Waals surface area contributed by atoms with Crippen LogP contribution in [0.4, 0.5) is 23.1 Å². The summed E-state index contributed by atoms with van der Waals surface area (Å²) in [5.74, 6) is 11.4. The van der Waals surface area contributed by atoms with Crippen molar-refractivity contribution in [1.82, 2.24) is 60.5 Å². The predicted molar refractivity (Wildman–Crippen MR) is 237 cm³/mol. The third kappa shape index (κ3) is 7.25. The normalized spacial score (nSPS) is 14.3. The van der Waals surface area contributed by atoms with Gasteiger partial charge in [-0.15, -0.1) is 0 Å². The molecule has 8 aromatic rings. The number of nitrogens with two attached hydrogens (primary N) is 1. The maximum atomic E-state index is 7.20. The zero-order valence-electron chi connectivity index (χ0n) is 34.1. The lowest BCUT2D eigenvalue weighted by Gasteiger charge is -2.30. The van der Waals surface area contributed by atoms with Gasteiger partial charge in [-0.3, -0.25) is 29.9 Å². The number of pyridine rings is 6. The lowest BCUT2D eigenvalue weighted by molar-refractivity contribution is 0.417. The number of hydrogen-bond donors (Lipinski definition) is 3. The minimum atomic E-state index is 0.425. The minimum absolute atomic E-state index is 0.425. The molecule has 18 heteroatoms. The van der Waals surface area contributed by atoms with Crippen LogP contribution in [0.1, 0.15) is 0 Å². The van der Waals surface area contributed by atoms with Gasteiger partial charge in [0.1, 0.15) is 29.0 Å². The summed E-state index contributed by atoms with van der Waals surface area (Å²) >= 11 is 0. The van der Waals surface area contributed by atoms with Gasteiger partial charge < -0.3 is 29.9 Å². The second kappa shape index (κ2) is 16.8. The molecule has 0 amide bonds. The van der Waals surface area contributed by atoms with Crippen LogP contribution in [0, 0.1) is 0 Å².